The molecule has 0 heterocycles. The molecule has 0 aromatic carbocycles. The molecule has 0 aliphatic rings. The van der Waals surface area contributed by atoms with Gasteiger partial charge in [-0.15, -0.1) is 6.58 Å². The van der Waals surface area contributed by atoms with E-state index in [-0.39, 0.29) is 46.3 Å². The van der Waals surface area contributed by atoms with E-state index in [4.69, 9.17) is 4.74 Å². The van der Waals surface area contributed by atoms with Crippen LogP contribution >= 0.6 is 0 Å². The Hall–Kier alpha value is -2.85. The molecule has 0 fully saturated rings. The van der Waals surface area contributed by atoms with E-state index >= 15 is 0 Å². The van der Waals surface area contributed by atoms with E-state index in [0.29, 0.717) is 18.6 Å². The average Bonchev–Trinajstić information content (AvgIpc) is 2.76. The number of halogens is 3. The van der Waals surface area contributed by atoms with Gasteiger partial charge >= 0.3 is 0 Å². The lowest BCUT2D eigenvalue weighted by Gasteiger charge is -2.15. The SMILES string of the molecule is C=CCCC(=C)/C(F)=C(/F)C(=C)C(=C)/C=C\C(=C)C(=C)/C(F)=C\C(=C)C(C)COC(C)C. The van der Waals surface area contributed by atoms with Crippen molar-refractivity contribution in [2.24, 2.45) is 5.92 Å². The van der Waals surface area contributed by atoms with Crippen molar-refractivity contribution < 1.29 is 17.9 Å². The van der Waals surface area contributed by atoms with Crippen LogP contribution in [0.4, 0.5) is 13.2 Å². The second-order valence-electron chi connectivity index (χ2n) is 7.75. The molecule has 0 aliphatic heterocycles. The van der Waals surface area contributed by atoms with Crippen molar-refractivity contribution in [1.82, 2.24) is 0 Å². The Labute approximate surface area is 191 Å². The van der Waals surface area contributed by atoms with Gasteiger partial charge in [-0.3, -0.25) is 0 Å². The Morgan fingerprint density at radius 1 is 0.844 bits per heavy atom. The normalized spacial score (nSPS) is 13.5. The maximum atomic E-state index is 14.6. The first-order valence-corrected chi connectivity index (χ1v) is 10.3. The second kappa shape index (κ2) is 14.3. The lowest BCUT2D eigenvalue weighted by atomic mass is 9.99. The molecule has 0 aromatic rings. The maximum Gasteiger partial charge on any atom is 0.166 e. The molecular weight excluding hydrogens is 409 g/mol. The molecule has 0 aromatic heterocycles. The van der Waals surface area contributed by atoms with Gasteiger partial charge in [-0.25, -0.2) is 13.2 Å². The molecule has 0 radical (unpaired) electrons. The Morgan fingerprint density at radius 2 is 1.38 bits per heavy atom. The van der Waals surface area contributed by atoms with Crippen molar-refractivity contribution in [1.29, 1.82) is 0 Å². The molecule has 0 N–H and O–H groups in total. The van der Waals surface area contributed by atoms with Crippen LogP contribution in [0.15, 0.2) is 121 Å². The van der Waals surface area contributed by atoms with Gasteiger partial charge in [0.05, 0.1) is 12.7 Å². The second-order valence-corrected chi connectivity index (χ2v) is 7.75. The molecule has 1 nitrogen and oxygen atoms in total. The molecule has 174 valence electrons. The van der Waals surface area contributed by atoms with Crippen LogP contribution in [0.25, 0.3) is 0 Å². The van der Waals surface area contributed by atoms with Crippen molar-refractivity contribution in [3.05, 3.63) is 121 Å². The summed E-state index contributed by atoms with van der Waals surface area (Å²) in [6.45, 7) is 31.8. The van der Waals surface area contributed by atoms with Crippen molar-refractivity contribution in [3.63, 3.8) is 0 Å². The molecule has 0 amide bonds. The summed E-state index contributed by atoms with van der Waals surface area (Å²) < 4.78 is 48.6. The standard InChI is InChI=1S/C28H35F3O/c1-11-12-13-21(6)27(30)28(31)25(10)20(5)15-14-19(4)24(9)26(29)16-22(7)23(8)17-32-18(2)3/h11,14-16,18,23H,1,4-7,9-10,12-13,17H2,2-3,8H3/b15-14-,26-16+,28-27-. The minimum absolute atomic E-state index is 0.0126. The molecule has 1 atom stereocenters. The molecule has 0 rings (SSSR count). The predicted octanol–water partition coefficient (Wildman–Crippen LogP) is 8.91. The van der Waals surface area contributed by atoms with Crippen LogP contribution in [0.2, 0.25) is 0 Å². The molecular formula is C28H35F3O. The van der Waals surface area contributed by atoms with Crippen LogP contribution in [0, 0.1) is 5.92 Å². The molecule has 0 saturated heterocycles. The molecule has 32 heavy (non-hydrogen) atoms. The van der Waals surface area contributed by atoms with Crippen LogP contribution in [-0.2, 0) is 4.74 Å². The van der Waals surface area contributed by atoms with E-state index in [9.17, 15) is 13.2 Å². The lowest BCUT2D eigenvalue weighted by Crippen LogP contribution is -2.12. The molecule has 0 spiro atoms. The van der Waals surface area contributed by atoms with Gasteiger partial charge in [0, 0.05) is 17.1 Å². The molecule has 0 saturated carbocycles. The highest BCUT2D eigenvalue weighted by molar-refractivity contribution is 5.53. The lowest BCUT2D eigenvalue weighted by molar-refractivity contribution is 0.0633. The number of hydrogen-bond donors (Lipinski definition) is 0. The van der Waals surface area contributed by atoms with E-state index in [0.717, 1.165) is 0 Å². The number of allylic oxidation sites excluding steroid dienone is 12. The van der Waals surface area contributed by atoms with Crippen LogP contribution in [-0.4, -0.2) is 12.7 Å². The minimum Gasteiger partial charge on any atom is -0.378 e. The largest absolute Gasteiger partial charge is 0.378 e. The third kappa shape index (κ3) is 9.97. The van der Waals surface area contributed by atoms with Gasteiger partial charge in [-0.05, 0) is 55.1 Å². The van der Waals surface area contributed by atoms with Gasteiger partial charge in [-0.1, -0.05) is 64.6 Å². The first-order valence-electron chi connectivity index (χ1n) is 10.3. The summed E-state index contributed by atoms with van der Waals surface area (Å²) in [4.78, 5) is 0. The van der Waals surface area contributed by atoms with E-state index < -0.39 is 17.5 Å². The zero-order valence-electron chi connectivity index (χ0n) is 19.6. The Bertz CT molecular complexity index is 878. The van der Waals surface area contributed by atoms with Gasteiger partial charge in [0.15, 0.2) is 11.7 Å². The molecule has 0 aliphatic carbocycles. The van der Waals surface area contributed by atoms with Crippen molar-refractivity contribution in [2.45, 2.75) is 39.7 Å². The van der Waals surface area contributed by atoms with Crippen molar-refractivity contribution in [3.8, 4) is 0 Å². The third-order valence-corrected chi connectivity index (χ3v) is 4.59. The fourth-order valence-electron chi connectivity index (χ4n) is 2.21. The van der Waals surface area contributed by atoms with Crippen LogP contribution in [0.1, 0.15) is 33.6 Å². The summed E-state index contributed by atoms with van der Waals surface area (Å²) in [5, 5.41) is 0. The third-order valence-electron chi connectivity index (χ3n) is 4.59. The minimum atomic E-state index is -1.14. The summed E-state index contributed by atoms with van der Waals surface area (Å²) in [6.07, 6.45) is 6.45. The van der Waals surface area contributed by atoms with Gasteiger partial charge < -0.3 is 4.74 Å². The first-order chi connectivity index (χ1) is 14.8. The smallest absolute Gasteiger partial charge is 0.166 e. The van der Waals surface area contributed by atoms with Crippen LogP contribution in [0.5, 0.6) is 0 Å². The Balaban J connectivity index is 5.17. The Kier molecular flexibility index (Phi) is 13.0. The summed E-state index contributed by atoms with van der Waals surface area (Å²) in [6, 6.07) is 0. The quantitative estimate of drug-likeness (QED) is 0.181. The maximum absolute atomic E-state index is 14.6. The van der Waals surface area contributed by atoms with Gasteiger partial charge in [0.1, 0.15) is 5.83 Å². The zero-order valence-corrected chi connectivity index (χ0v) is 19.6. The summed E-state index contributed by atoms with van der Waals surface area (Å²) in [5.41, 5.74) is 0.720. The monoisotopic (exact) mass is 444 g/mol. The average molecular weight is 445 g/mol. The van der Waals surface area contributed by atoms with Crippen LogP contribution in [0.3, 0.4) is 0 Å². The highest BCUT2D eigenvalue weighted by Crippen LogP contribution is 2.29. The van der Waals surface area contributed by atoms with Crippen LogP contribution < -0.4 is 0 Å². The van der Waals surface area contributed by atoms with Crippen molar-refractivity contribution >= 4 is 0 Å². The summed E-state index contributed by atoms with van der Waals surface area (Å²) >= 11 is 0. The van der Waals surface area contributed by atoms with E-state index in [1.54, 1.807) is 6.08 Å². The number of rotatable bonds is 15. The van der Waals surface area contributed by atoms with E-state index in [2.05, 4.69) is 46.1 Å². The topological polar surface area (TPSA) is 9.23 Å². The number of hydrogen-bond acceptors (Lipinski definition) is 1. The zero-order chi connectivity index (χ0) is 25.0. The molecule has 1 unspecified atom stereocenters. The molecule has 0 bridgehead atoms. The first kappa shape index (κ1) is 29.1. The van der Waals surface area contributed by atoms with Gasteiger partial charge in [0.25, 0.3) is 0 Å². The Morgan fingerprint density at radius 3 is 1.88 bits per heavy atom. The highest BCUT2D eigenvalue weighted by Gasteiger charge is 2.15. The molecule has 4 heteroatoms. The summed E-state index contributed by atoms with van der Waals surface area (Å²) in [7, 11) is 0. The number of ether oxygens (including phenoxy) is 1. The highest BCUT2D eigenvalue weighted by atomic mass is 19.2. The van der Waals surface area contributed by atoms with Gasteiger partial charge in [-0.2, -0.15) is 0 Å². The van der Waals surface area contributed by atoms with Gasteiger partial charge in [0.2, 0.25) is 0 Å². The van der Waals surface area contributed by atoms with E-state index in [1.165, 1.54) is 18.2 Å². The predicted molar refractivity (Wildman–Crippen MR) is 132 cm³/mol. The fourth-order valence-corrected chi connectivity index (χ4v) is 2.21. The fraction of sp³-hybridized carbons (Fsp3) is 0.286. The summed E-state index contributed by atoms with van der Waals surface area (Å²) in [5.74, 6) is -2.88. The van der Waals surface area contributed by atoms with E-state index in [1.807, 2.05) is 20.8 Å². The van der Waals surface area contributed by atoms with Crippen molar-refractivity contribution in [2.75, 3.05) is 6.61 Å².